The molecule has 0 amide bonds. The summed E-state index contributed by atoms with van der Waals surface area (Å²) >= 11 is -0.0724. The number of benzene rings is 11. The Morgan fingerprint density at radius 3 is 1.64 bits per heavy atom. The van der Waals surface area contributed by atoms with Crippen molar-refractivity contribution in [3.63, 3.8) is 0 Å². The van der Waals surface area contributed by atoms with Gasteiger partial charge in [0.05, 0.1) is 0 Å². The van der Waals surface area contributed by atoms with E-state index < -0.39 is 0 Å². The van der Waals surface area contributed by atoms with Gasteiger partial charge in [-0.2, -0.15) is 0 Å². The van der Waals surface area contributed by atoms with Gasteiger partial charge < -0.3 is 0 Å². The third-order valence-corrected chi connectivity index (χ3v) is 18.0. The third-order valence-electron chi connectivity index (χ3n) is 15.6. The van der Waals surface area contributed by atoms with Gasteiger partial charge in [0.1, 0.15) is 0 Å². The zero-order valence-electron chi connectivity index (χ0n) is 40.0. The average molecular weight is 1010 g/mol. The molecule has 344 valence electrons. The number of fused-ring (bicyclic) bond motifs is 12. The number of anilines is 9. The molecule has 5 heterocycles. The molecular weight excluding hydrogens is 965 g/mol. The molecule has 11 aromatic carbocycles. The number of nitrogens with zero attached hydrogens (tertiary/aromatic N) is 4. The summed E-state index contributed by atoms with van der Waals surface area (Å²) in [6.45, 7) is -0.0562. The summed E-state index contributed by atoms with van der Waals surface area (Å²) in [6, 6.07) is 93.7. The van der Waals surface area contributed by atoms with Crippen LogP contribution in [0.4, 0.5) is 51.2 Å². The van der Waals surface area contributed by atoms with Gasteiger partial charge in [-0.1, -0.05) is 0 Å². The second-order valence-corrected chi connectivity index (χ2v) is 21.8. The zero-order valence-corrected chi connectivity index (χ0v) is 41.7. The van der Waals surface area contributed by atoms with Crippen LogP contribution in [0, 0.1) is 0 Å². The maximum absolute atomic E-state index is 7.07. The number of aromatic nitrogens is 1. The SMILES string of the molecule is c1ccc(N(c2ccccc2)c2cc3c4c(c2)[Se]c2cc5c(cc2B4c2ccccc2O3)B2c3ccccc3N(c3ccccc3)c3cc(N(c4ccccc4)c4ccccc4)c4c6ccccc6n-5c4c32)cc1. The van der Waals surface area contributed by atoms with E-state index in [9.17, 15) is 0 Å². The Labute approximate surface area is 436 Å². The Hall–Kier alpha value is -8.93. The Kier molecular flexibility index (Phi) is 9.17. The molecule has 8 heteroatoms. The summed E-state index contributed by atoms with van der Waals surface area (Å²) in [4.78, 5) is 7.37. The third kappa shape index (κ3) is 6.07. The van der Waals surface area contributed by atoms with Crippen LogP contribution in [-0.4, -0.2) is 32.9 Å². The zero-order chi connectivity index (χ0) is 48.4. The summed E-state index contributed by atoms with van der Waals surface area (Å²) < 4.78 is 12.5. The fourth-order valence-electron chi connectivity index (χ4n) is 12.7. The van der Waals surface area contributed by atoms with Gasteiger partial charge in [-0.05, 0) is 0 Å². The molecule has 0 saturated heterocycles. The Balaban J connectivity index is 1.00. The van der Waals surface area contributed by atoms with Crippen LogP contribution in [0.5, 0.6) is 11.5 Å². The van der Waals surface area contributed by atoms with Crippen molar-refractivity contribution in [3.05, 3.63) is 255 Å². The van der Waals surface area contributed by atoms with Gasteiger partial charge >= 0.3 is 439 Å². The van der Waals surface area contributed by atoms with Gasteiger partial charge in [0.25, 0.3) is 0 Å². The molecule has 4 aliphatic heterocycles. The molecule has 0 bridgehead atoms. The predicted molar refractivity (Wildman–Crippen MR) is 312 cm³/mol. The topological polar surface area (TPSA) is 23.9 Å². The molecule has 4 aliphatic rings. The van der Waals surface area contributed by atoms with Crippen LogP contribution in [-0.2, 0) is 0 Å². The van der Waals surface area contributed by atoms with Crippen LogP contribution in [0.25, 0.3) is 27.5 Å². The van der Waals surface area contributed by atoms with E-state index in [4.69, 9.17) is 4.74 Å². The second kappa shape index (κ2) is 16.3. The van der Waals surface area contributed by atoms with E-state index in [1.165, 1.54) is 80.6 Å². The minimum atomic E-state index is -0.0724. The van der Waals surface area contributed by atoms with Crippen molar-refractivity contribution in [2.75, 3.05) is 14.7 Å². The standard InChI is InChI=1S/C66H42B2N4OSe/c1-6-22-43(23-7-1)69(44-24-8-2-9-25-44)48-38-60-65-62(39-48)74-61-42-56-52(40-53(61)68(65)51-34-18-21-37-59(51)73-60)67-50-33-17-20-36-55(50)71(47-30-14-5-15-31-47)58-41-57(63-49-32-16-19-35-54(49)72(56)66(63)64(58)67)70(45-26-10-3-11-27-45)46-28-12-4-13-29-46/h1-42H. The summed E-state index contributed by atoms with van der Waals surface area (Å²) in [5, 5.41) is 2.48. The van der Waals surface area contributed by atoms with Gasteiger partial charge in [-0.25, -0.2) is 0 Å². The van der Waals surface area contributed by atoms with E-state index in [2.05, 4.69) is 274 Å². The van der Waals surface area contributed by atoms with Gasteiger partial charge in [-0.15, -0.1) is 0 Å². The first kappa shape index (κ1) is 41.7. The van der Waals surface area contributed by atoms with Crippen molar-refractivity contribution in [2.24, 2.45) is 0 Å². The number of rotatable bonds is 7. The van der Waals surface area contributed by atoms with Crippen molar-refractivity contribution < 1.29 is 4.74 Å². The molecule has 0 unspecified atom stereocenters. The quantitative estimate of drug-likeness (QED) is 0.149. The molecule has 5 nitrogen and oxygen atoms in total. The molecule has 0 atom stereocenters. The van der Waals surface area contributed by atoms with E-state index in [1.54, 1.807) is 0 Å². The first-order valence-electron chi connectivity index (χ1n) is 25.4. The summed E-state index contributed by atoms with van der Waals surface area (Å²) in [6.07, 6.45) is 0. The molecule has 0 spiro atoms. The molecule has 0 aliphatic carbocycles. The molecule has 12 aromatic rings. The van der Waals surface area contributed by atoms with E-state index in [1.807, 2.05) is 0 Å². The van der Waals surface area contributed by atoms with E-state index in [0.717, 1.165) is 51.3 Å². The fraction of sp³-hybridized carbons (Fsp3) is 0. The monoisotopic (exact) mass is 1010 g/mol. The minimum absolute atomic E-state index is 0.00792. The molecule has 0 N–H and O–H groups in total. The van der Waals surface area contributed by atoms with Crippen LogP contribution in [0.2, 0.25) is 0 Å². The molecule has 16 rings (SSSR count). The summed E-state index contributed by atoms with van der Waals surface area (Å²) in [7, 11) is 0. The number of para-hydroxylation sites is 8. The number of ether oxygens (including phenoxy) is 1. The van der Waals surface area contributed by atoms with E-state index >= 15 is 0 Å². The first-order valence-corrected chi connectivity index (χ1v) is 27.1. The molecular formula is C66H42B2N4OSe. The normalized spacial score (nSPS) is 13.1. The Bertz CT molecular complexity index is 4150. The van der Waals surface area contributed by atoms with Crippen molar-refractivity contribution in [2.45, 2.75) is 0 Å². The Morgan fingerprint density at radius 2 is 0.946 bits per heavy atom. The summed E-state index contributed by atoms with van der Waals surface area (Å²) in [5.41, 5.74) is 21.7. The molecule has 74 heavy (non-hydrogen) atoms. The maximum atomic E-state index is 7.07. The van der Waals surface area contributed by atoms with Gasteiger partial charge in [0.2, 0.25) is 0 Å². The number of hydrogen-bond acceptors (Lipinski definition) is 4. The average Bonchev–Trinajstić information content (AvgIpc) is 3.84. The predicted octanol–water partition coefficient (Wildman–Crippen LogP) is 10.9. The van der Waals surface area contributed by atoms with E-state index in [0.29, 0.717) is 0 Å². The Morgan fingerprint density at radius 1 is 0.378 bits per heavy atom. The molecule has 0 fully saturated rings. The molecule has 1 aromatic heterocycles. The van der Waals surface area contributed by atoms with E-state index in [-0.39, 0.29) is 28.4 Å². The van der Waals surface area contributed by atoms with Crippen LogP contribution >= 0.6 is 0 Å². The van der Waals surface area contributed by atoms with Crippen molar-refractivity contribution in [1.82, 2.24) is 4.57 Å². The molecule has 0 saturated carbocycles. The van der Waals surface area contributed by atoms with Gasteiger partial charge in [0.15, 0.2) is 0 Å². The van der Waals surface area contributed by atoms with Crippen molar-refractivity contribution in [1.29, 1.82) is 0 Å². The van der Waals surface area contributed by atoms with Crippen LogP contribution in [0.1, 0.15) is 0 Å². The van der Waals surface area contributed by atoms with Crippen LogP contribution < -0.4 is 61.1 Å². The van der Waals surface area contributed by atoms with Crippen molar-refractivity contribution in [3.8, 4) is 17.2 Å². The molecule has 0 radical (unpaired) electrons. The van der Waals surface area contributed by atoms with Crippen LogP contribution in [0.15, 0.2) is 255 Å². The number of hydrogen-bond donors (Lipinski definition) is 0. The fourth-order valence-corrected chi connectivity index (χ4v) is 15.2. The summed E-state index contributed by atoms with van der Waals surface area (Å²) in [5.74, 6) is 1.85. The first-order chi connectivity index (χ1) is 36.7. The van der Waals surface area contributed by atoms with Gasteiger partial charge in [0, 0.05) is 0 Å². The van der Waals surface area contributed by atoms with Crippen molar-refractivity contribution >= 4 is 143 Å². The van der Waals surface area contributed by atoms with Crippen LogP contribution in [0.3, 0.4) is 0 Å². The van der Waals surface area contributed by atoms with Gasteiger partial charge in [-0.3, -0.25) is 0 Å². The second-order valence-electron chi connectivity index (χ2n) is 19.6.